The van der Waals surface area contributed by atoms with E-state index in [0.717, 1.165) is 30.1 Å². The summed E-state index contributed by atoms with van der Waals surface area (Å²) in [7, 11) is 1.67. The van der Waals surface area contributed by atoms with Gasteiger partial charge in [0.25, 0.3) is 5.91 Å². The lowest BCUT2D eigenvalue weighted by Gasteiger charge is -2.36. The van der Waals surface area contributed by atoms with Gasteiger partial charge in [0.15, 0.2) is 0 Å². The van der Waals surface area contributed by atoms with Crippen LogP contribution in [-0.2, 0) is 11.3 Å². The second-order valence-electron chi connectivity index (χ2n) is 6.56. The molecule has 0 spiro atoms. The third-order valence-electron chi connectivity index (χ3n) is 4.74. The molecule has 2 aromatic carbocycles. The number of para-hydroxylation sites is 2. The molecule has 2 aromatic rings. The zero-order chi connectivity index (χ0) is 19.2. The van der Waals surface area contributed by atoms with Gasteiger partial charge in [0.05, 0.1) is 12.8 Å². The first-order valence-electron chi connectivity index (χ1n) is 9.09. The lowest BCUT2D eigenvalue weighted by Crippen LogP contribution is -2.48. The van der Waals surface area contributed by atoms with Gasteiger partial charge < -0.3 is 19.9 Å². The van der Waals surface area contributed by atoms with E-state index >= 15 is 0 Å². The van der Waals surface area contributed by atoms with Crippen LogP contribution in [0.2, 0.25) is 0 Å². The molecule has 0 atom stereocenters. The van der Waals surface area contributed by atoms with E-state index in [9.17, 15) is 9.59 Å². The minimum absolute atomic E-state index is 0.0424. The number of piperazine rings is 1. The number of carbonyl (C=O) groups is 2. The number of hydrogen-bond donors (Lipinski definition) is 1. The number of amides is 2. The highest BCUT2D eigenvalue weighted by atomic mass is 16.5. The molecule has 1 aliphatic rings. The normalized spacial score (nSPS) is 14.0. The molecule has 1 aliphatic heterocycles. The minimum atomic E-state index is -0.0666. The smallest absolute Gasteiger partial charge is 0.253 e. The Morgan fingerprint density at radius 3 is 2.30 bits per heavy atom. The van der Waals surface area contributed by atoms with Crippen molar-refractivity contribution in [2.45, 2.75) is 13.5 Å². The fraction of sp³-hybridized carbons (Fsp3) is 0.333. The number of rotatable bonds is 5. The van der Waals surface area contributed by atoms with Gasteiger partial charge in [-0.25, -0.2) is 0 Å². The molecule has 1 saturated heterocycles. The first kappa shape index (κ1) is 18.8. The van der Waals surface area contributed by atoms with E-state index in [2.05, 4.69) is 10.2 Å². The van der Waals surface area contributed by atoms with Gasteiger partial charge in [0, 0.05) is 45.2 Å². The maximum absolute atomic E-state index is 12.8. The zero-order valence-electron chi connectivity index (χ0n) is 15.8. The van der Waals surface area contributed by atoms with E-state index in [1.54, 1.807) is 7.11 Å². The molecule has 1 N–H and O–H groups in total. The van der Waals surface area contributed by atoms with Gasteiger partial charge in [-0.3, -0.25) is 9.59 Å². The number of nitrogens with zero attached hydrogens (tertiary/aromatic N) is 2. The topological polar surface area (TPSA) is 61.9 Å². The van der Waals surface area contributed by atoms with Crippen LogP contribution < -0.4 is 15.0 Å². The first-order valence-corrected chi connectivity index (χ1v) is 9.09. The predicted molar refractivity (Wildman–Crippen MR) is 105 cm³/mol. The molecule has 0 unspecified atom stereocenters. The van der Waals surface area contributed by atoms with Crippen molar-refractivity contribution < 1.29 is 14.3 Å². The Morgan fingerprint density at radius 1 is 1.00 bits per heavy atom. The second kappa shape index (κ2) is 8.58. The third-order valence-corrected chi connectivity index (χ3v) is 4.74. The van der Waals surface area contributed by atoms with Crippen LogP contribution in [0.3, 0.4) is 0 Å². The highest BCUT2D eigenvalue weighted by Crippen LogP contribution is 2.28. The molecule has 0 aromatic heterocycles. The molecular weight excluding hydrogens is 342 g/mol. The number of carbonyl (C=O) groups excluding carboxylic acids is 2. The summed E-state index contributed by atoms with van der Waals surface area (Å²) in [6.45, 7) is 4.85. The van der Waals surface area contributed by atoms with Crippen molar-refractivity contribution in [3.8, 4) is 5.75 Å². The number of nitrogens with one attached hydrogen (secondary N) is 1. The van der Waals surface area contributed by atoms with Crippen LogP contribution in [0.15, 0.2) is 48.5 Å². The lowest BCUT2D eigenvalue weighted by molar-refractivity contribution is -0.119. The van der Waals surface area contributed by atoms with Crippen LogP contribution in [0.5, 0.6) is 5.75 Å². The molecule has 0 aliphatic carbocycles. The summed E-state index contributed by atoms with van der Waals surface area (Å²) >= 11 is 0. The Balaban J connectivity index is 1.59. The monoisotopic (exact) mass is 367 g/mol. The van der Waals surface area contributed by atoms with Crippen molar-refractivity contribution in [3.63, 3.8) is 0 Å². The van der Waals surface area contributed by atoms with Gasteiger partial charge in [0.1, 0.15) is 5.75 Å². The summed E-state index contributed by atoms with van der Waals surface area (Å²) in [5.41, 5.74) is 2.71. The lowest BCUT2D eigenvalue weighted by atomic mass is 10.1. The molecule has 6 heteroatoms. The number of ether oxygens (including phenoxy) is 1. The SMILES string of the molecule is COc1ccccc1N1CCN(C(=O)c2ccc(CNC(C)=O)cc2)CC1. The quantitative estimate of drug-likeness (QED) is 0.881. The molecule has 2 amide bonds. The van der Waals surface area contributed by atoms with E-state index in [1.165, 1.54) is 6.92 Å². The van der Waals surface area contributed by atoms with Crippen LogP contribution in [-0.4, -0.2) is 50.0 Å². The van der Waals surface area contributed by atoms with Gasteiger partial charge >= 0.3 is 0 Å². The van der Waals surface area contributed by atoms with Crippen molar-refractivity contribution in [1.82, 2.24) is 10.2 Å². The third kappa shape index (κ3) is 4.58. The molecule has 1 heterocycles. The number of hydrogen-bond acceptors (Lipinski definition) is 4. The van der Waals surface area contributed by atoms with Crippen LogP contribution in [0.1, 0.15) is 22.8 Å². The number of benzene rings is 2. The summed E-state index contributed by atoms with van der Waals surface area (Å²) in [6, 6.07) is 15.4. The highest BCUT2D eigenvalue weighted by Gasteiger charge is 2.23. The molecule has 6 nitrogen and oxygen atoms in total. The molecule has 27 heavy (non-hydrogen) atoms. The molecule has 142 valence electrons. The maximum atomic E-state index is 12.8. The van der Waals surface area contributed by atoms with Crippen molar-refractivity contribution >= 4 is 17.5 Å². The largest absolute Gasteiger partial charge is 0.495 e. The number of methoxy groups -OCH3 is 1. The molecule has 1 fully saturated rings. The molecule has 0 saturated carbocycles. The Bertz CT molecular complexity index is 797. The van der Waals surface area contributed by atoms with Crippen molar-refractivity contribution in [2.75, 3.05) is 38.2 Å². The molecule has 3 rings (SSSR count). The Labute approximate surface area is 159 Å². The summed E-state index contributed by atoms with van der Waals surface area (Å²) in [5.74, 6) is 0.829. The Morgan fingerprint density at radius 2 is 1.67 bits per heavy atom. The molecular formula is C21H25N3O3. The van der Waals surface area contributed by atoms with E-state index in [1.807, 2.05) is 53.4 Å². The van der Waals surface area contributed by atoms with Gasteiger partial charge in [-0.1, -0.05) is 24.3 Å². The highest BCUT2D eigenvalue weighted by molar-refractivity contribution is 5.94. The fourth-order valence-electron chi connectivity index (χ4n) is 3.22. The van der Waals surface area contributed by atoms with Crippen molar-refractivity contribution in [3.05, 3.63) is 59.7 Å². The van der Waals surface area contributed by atoms with Crippen LogP contribution in [0, 0.1) is 0 Å². The predicted octanol–water partition coefficient (Wildman–Crippen LogP) is 2.29. The van der Waals surface area contributed by atoms with Gasteiger partial charge in [-0.2, -0.15) is 0 Å². The minimum Gasteiger partial charge on any atom is -0.495 e. The Kier molecular flexibility index (Phi) is 5.96. The second-order valence-corrected chi connectivity index (χ2v) is 6.56. The van der Waals surface area contributed by atoms with E-state index < -0.39 is 0 Å². The average molecular weight is 367 g/mol. The van der Waals surface area contributed by atoms with Crippen LogP contribution >= 0.6 is 0 Å². The summed E-state index contributed by atoms with van der Waals surface area (Å²) in [6.07, 6.45) is 0. The van der Waals surface area contributed by atoms with Crippen molar-refractivity contribution in [1.29, 1.82) is 0 Å². The maximum Gasteiger partial charge on any atom is 0.253 e. The average Bonchev–Trinajstić information content (AvgIpc) is 2.72. The van der Waals surface area contributed by atoms with E-state index in [-0.39, 0.29) is 11.8 Å². The standard InChI is InChI=1S/C21H25N3O3/c1-16(25)22-15-17-7-9-18(10-8-17)21(26)24-13-11-23(12-14-24)19-5-3-4-6-20(19)27-2/h3-10H,11-15H2,1-2H3,(H,22,25). The van der Waals surface area contributed by atoms with Crippen LogP contribution in [0.4, 0.5) is 5.69 Å². The molecule has 0 bridgehead atoms. The summed E-state index contributed by atoms with van der Waals surface area (Å²) in [5, 5.41) is 2.75. The Hall–Kier alpha value is -3.02. The van der Waals surface area contributed by atoms with Crippen LogP contribution in [0.25, 0.3) is 0 Å². The summed E-state index contributed by atoms with van der Waals surface area (Å²) in [4.78, 5) is 27.9. The van der Waals surface area contributed by atoms with Gasteiger partial charge in [-0.05, 0) is 29.8 Å². The first-order chi connectivity index (χ1) is 13.1. The fourth-order valence-corrected chi connectivity index (χ4v) is 3.22. The number of anilines is 1. The molecule has 0 radical (unpaired) electrons. The van der Waals surface area contributed by atoms with E-state index in [4.69, 9.17) is 4.74 Å². The zero-order valence-corrected chi connectivity index (χ0v) is 15.8. The van der Waals surface area contributed by atoms with Crippen molar-refractivity contribution in [2.24, 2.45) is 0 Å². The van der Waals surface area contributed by atoms with Gasteiger partial charge in [-0.15, -0.1) is 0 Å². The summed E-state index contributed by atoms with van der Waals surface area (Å²) < 4.78 is 5.44. The van der Waals surface area contributed by atoms with E-state index in [0.29, 0.717) is 25.2 Å². The van der Waals surface area contributed by atoms with Gasteiger partial charge in [0.2, 0.25) is 5.91 Å².